The Kier molecular flexibility index (Phi) is 4.32. The molecular weight excluding hydrogens is 317 g/mol. The molecule has 2 aliphatic heterocycles. The van der Waals surface area contributed by atoms with Crippen LogP contribution in [0.3, 0.4) is 0 Å². The van der Waals surface area contributed by atoms with E-state index in [-0.39, 0.29) is 17.0 Å². The molecule has 3 fully saturated rings. The number of piperazine rings is 2. The van der Waals surface area contributed by atoms with Crippen molar-refractivity contribution in [1.29, 1.82) is 0 Å². The lowest BCUT2D eigenvalue weighted by Crippen LogP contribution is -2.70. The summed E-state index contributed by atoms with van der Waals surface area (Å²) in [6, 6.07) is 6.66. The highest BCUT2D eigenvalue weighted by molar-refractivity contribution is 5.94. The standard InChI is InChI=1S/C20H28FN3O/c1-20(2)14-23(19(25)17-5-3-4-6-18(17)21)13-16-12-22(9-10-24(16)20)11-15-7-8-15/h3-6,15-16H,7-14H2,1-2H3/t16-/m0/s1. The molecule has 1 atom stereocenters. The van der Waals surface area contributed by atoms with Crippen molar-refractivity contribution in [1.82, 2.24) is 14.7 Å². The first-order chi connectivity index (χ1) is 11.9. The molecule has 1 aromatic carbocycles. The van der Waals surface area contributed by atoms with Crippen LogP contribution in [0.15, 0.2) is 24.3 Å². The van der Waals surface area contributed by atoms with Gasteiger partial charge in [-0.3, -0.25) is 9.69 Å². The van der Waals surface area contributed by atoms with Gasteiger partial charge in [-0.05, 0) is 44.7 Å². The maximum Gasteiger partial charge on any atom is 0.256 e. The number of hydrogen-bond acceptors (Lipinski definition) is 3. The van der Waals surface area contributed by atoms with Crippen LogP contribution in [-0.4, -0.2) is 71.5 Å². The van der Waals surface area contributed by atoms with Gasteiger partial charge in [-0.25, -0.2) is 4.39 Å². The van der Waals surface area contributed by atoms with Gasteiger partial charge in [0, 0.05) is 50.8 Å². The zero-order chi connectivity index (χ0) is 17.6. The molecule has 136 valence electrons. The summed E-state index contributed by atoms with van der Waals surface area (Å²) in [5.41, 5.74) is 0.118. The molecule has 2 heterocycles. The van der Waals surface area contributed by atoms with Gasteiger partial charge >= 0.3 is 0 Å². The van der Waals surface area contributed by atoms with Crippen LogP contribution >= 0.6 is 0 Å². The van der Waals surface area contributed by atoms with Crippen molar-refractivity contribution in [2.24, 2.45) is 5.92 Å². The summed E-state index contributed by atoms with van der Waals surface area (Å²) in [6.45, 7) is 10.2. The molecule has 0 radical (unpaired) electrons. The number of rotatable bonds is 3. The minimum absolute atomic E-state index is 0.0739. The van der Waals surface area contributed by atoms with Crippen molar-refractivity contribution in [3.63, 3.8) is 0 Å². The summed E-state index contributed by atoms with van der Waals surface area (Å²) in [5, 5.41) is 0. The second-order valence-electron chi connectivity index (χ2n) is 8.53. The molecule has 1 aliphatic carbocycles. The van der Waals surface area contributed by atoms with Crippen LogP contribution in [-0.2, 0) is 0 Å². The topological polar surface area (TPSA) is 26.8 Å². The summed E-state index contributed by atoms with van der Waals surface area (Å²) in [6.07, 6.45) is 2.74. The largest absolute Gasteiger partial charge is 0.335 e. The number of hydrogen-bond donors (Lipinski definition) is 0. The van der Waals surface area contributed by atoms with Gasteiger partial charge in [-0.15, -0.1) is 0 Å². The van der Waals surface area contributed by atoms with E-state index in [9.17, 15) is 9.18 Å². The quantitative estimate of drug-likeness (QED) is 0.842. The fraction of sp³-hybridized carbons (Fsp3) is 0.650. The highest BCUT2D eigenvalue weighted by Crippen LogP contribution is 2.33. The van der Waals surface area contributed by atoms with E-state index in [1.807, 2.05) is 4.90 Å². The van der Waals surface area contributed by atoms with Gasteiger partial charge in [-0.2, -0.15) is 0 Å². The average Bonchev–Trinajstić information content (AvgIpc) is 3.37. The Morgan fingerprint density at radius 3 is 2.68 bits per heavy atom. The van der Waals surface area contributed by atoms with Crippen LogP contribution in [0.4, 0.5) is 4.39 Å². The van der Waals surface area contributed by atoms with Crippen molar-refractivity contribution in [2.75, 3.05) is 39.3 Å². The Bertz CT molecular complexity index is 658. The zero-order valence-corrected chi connectivity index (χ0v) is 15.2. The fourth-order valence-electron chi connectivity index (χ4n) is 4.54. The summed E-state index contributed by atoms with van der Waals surface area (Å²) < 4.78 is 14.1. The van der Waals surface area contributed by atoms with Gasteiger partial charge < -0.3 is 9.80 Å². The van der Waals surface area contributed by atoms with Gasteiger partial charge in [0.05, 0.1) is 5.56 Å². The van der Waals surface area contributed by atoms with Crippen molar-refractivity contribution in [2.45, 2.75) is 38.3 Å². The molecule has 0 aromatic heterocycles. The SMILES string of the molecule is CC1(C)CN(C(=O)c2ccccc2F)C[C@@H]2CN(CC3CC3)CCN21. The molecule has 3 aliphatic rings. The molecule has 4 rings (SSSR count). The van der Waals surface area contributed by atoms with Crippen molar-refractivity contribution in [3.05, 3.63) is 35.6 Å². The van der Waals surface area contributed by atoms with Crippen LogP contribution < -0.4 is 0 Å². The maximum atomic E-state index is 14.1. The smallest absolute Gasteiger partial charge is 0.256 e. The van der Waals surface area contributed by atoms with E-state index in [2.05, 4.69) is 23.6 Å². The Morgan fingerprint density at radius 1 is 1.20 bits per heavy atom. The fourth-order valence-corrected chi connectivity index (χ4v) is 4.54. The van der Waals surface area contributed by atoms with Gasteiger partial charge in [0.25, 0.3) is 5.91 Å². The van der Waals surface area contributed by atoms with E-state index in [1.54, 1.807) is 18.2 Å². The second kappa shape index (κ2) is 6.36. The zero-order valence-electron chi connectivity index (χ0n) is 15.2. The van der Waals surface area contributed by atoms with Crippen LogP contribution in [0.5, 0.6) is 0 Å². The van der Waals surface area contributed by atoms with Gasteiger partial charge in [0.2, 0.25) is 0 Å². The Morgan fingerprint density at radius 2 is 1.96 bits per heavy atom. The first-order valence-electron chi connectivity index (χ1n) is 9.47. The summed E-state index contributed by atoms with van der Waals surface area (Å²) in [7, 11) is 0. The van der Waals surface area contributed by atoms with E-state index >= 15 is 0 Å². The van der Waals surface area contributed by atoms with E-state index in [1.165, 1.54) is 25.5 Å². The van der Waals surface area contributed by atoms with Crippen molar-refractivity contribution < 1.29 is 9.18 Å². The van der Waals surface area contributed by atoms with Crippen LogP contribution in [0, 0.1) is 11.7 Å². The molecular formula is C20H28FN3O. The molecule has 0 spiro atoms. The molecule has 1 saturated carbocycles. The predicted octanol–water partition coefficient (Wildman–Crippen LogP) is 2.46. The first kappa shape index (κ1) is 17.0. The predicted molar refractivity (Wildman–Crippen MR) is 96.0 cm³/mol. The molecule has 25 heavy (non-hydrogen) atoms. The lowest BCUT2D eigenvalue weighted by molar-refractivity contribution is -0.0569. The average molecular weight is 345 g/mol. The number of carbonyl (C=O) groups excluding carboxylic acids is 1. The maximum absolute atomic E-state index is 14.1. The Balaban J connectivity index is 1.51. The number of halogens is 1. The normalized spacial score (nSPS) is 27.2. The van der Waals surface area contributed by atoms with E-state index in [4.69, 9.17) is 0 Å². The molecule has 5 heteroatoms. The van der Waals surface area contributed by atoms with Crippen LogP contribution in [0.25, 0.3) is 0 Å². The molecule has 4 nitrogen and oxygen atoms in total. The second-order valence-corrected chi connectivity index (χ2v) is 8.53. The number of carbonyl (C=O) groups is 1. The molecule has 0 bridgehead atoms. The van der Waals surface area contributed by atoms with E-state index in [0.717, 1.165) is 25.6 Å². The number of benzene rings is 1. The van der Waals surface area contributed by atoms with Gasteiger partial charge in [0.15, 0.2) is 0 Å². The van der Waals surface area contributed by atoms with Crippen molar-refractivity contribution >= 4 is 5.91 Å². The van der Waals surface area contributed by atoms with Gasteiger partial charge in [0.1, 0.15) is 5.82 Å². The monoisotopic (exact) mass is 345 g/mol. The van der Waals surface area contributed by atoms with Gasteiger partial charge in [-0.1, -0.05) is 12.1 Å². The Hall–Kier alpha value is -1.46. The summed E-state index contributed by atoms with van der Waals surface area (Å²) >= 11 is 0. The van der Waals surface area contributed by atoms with Crippen LogP contribution in [0.1, 0.15) is 37.0 Å². The molecule has 2 saturated heterocycles. The summed E-state index contributed by atoms with van der Waals surface area (Å²) in [4.78, 5) is 19.9. The minimum atomic E-state index is -0.424. The Labute approximate surface area is 149 Å². The first-order valence-corrected chi connectivity index (χ1v) is 9.47. The molecule has 0 unspecified atom stereocenters. The molecule has 1 amide bonds. The highest BCUT2D eigenvalue weighted by atomic mass is 19.1. The molecule has 0 N–H and O–H groups in total. The molecule has 1 aromatic rings. The summed E-state index contributed by atoms with van der Waals surface area (Å²) in [5.74, 6) is 0.288. The van der Waals surface area contributed by atoms with E-state index in [0.29, 0.717) is 19.1 Å². The third-order valence-electron chi connectivity index (χ3n) is 5.96. The number of fused-ring (bicyclic) bond motifs is 1. The number of amides is 1. The minimum Gasteiger partial charge on any atom is -0.335 e. The lowest BCUT2D eigenvalue weighted by atomic mass is 9.92. The third kappa shape index (κ3) is 3.44. The number of nitrogens with zero attached hydrogens (tertiary/aromatic N) is 3. The lowest BCUT2D eigenvalue weighted by Gasteiger charge is -2.55. The van der Waals surface area contributed by atoms with Crippen molar-refractivity contribution in [3.8, 4) is 0 Å². The third-order valence-corrected chi connectivity index (χ3v) is 5.96. The van der Waals surface area contributed by atoms with E-state index < -0.39 is 5.82 Å². The van der Waals surface area contributed by atoms with Crippen LogP contribution in [0.2, 0.25) is 0 Å². The highest BCUT2D eigenvalue weighted by Gasteiger charge is 2.44.